The number of halogens is 1. The molecule has 0 fully saturated rings. The molecule has 1 aromatic rings. The van der Waals surface area contributed by atoms with Gasteiger partial charge >= 0.3 is 0 Å². The molecule has 0 heterocycles. The molecule has 0 aliphatic carbocycles. The highest BCUT2D eigenvalue weighted by Gasteiger charge is 2.30. The second kappa shape index (κ2) is 9.45. The predicted molar refractivity (Wildman–Crippen MR) is 99.1 cm³/mol. The van der Waals surface area contributed by atoms with Crippen LogP contribution >= 0.6 is 0 Å². The highest BCUT2D eigenvalue weighted by Crippen LogP contribution is 2.13. The van der Waals surface area contributed by atoms with Gasteiger partial charge < -0.3 is 21.1 Å². The van der Waals surface area contributed by atoms with Gasteiger partial charge in [0, 0.05) is 17.5 Å². The van der Waals surface area contributed by atoms with Crippen molar-refractivity contribution in [2.24, 2.45) is 5.41 Å². The van der Waals surface area contributed by atoms with Crippen molar-refractivity contribution < 1.29 is 23.9 Å². The highest BCUT2D eigenvalue weighted by molar-refractivity contribution is 5.92. The van der Waals surface area contributed by atoms with Crippen molar-refractivity contribution in [1.29, 1.82) is 0 Å². The number of hydrogen-bond donors (Lipinski definition) is 4. The van der Waals surface area contributed by atoms with Crippen molar-refractivity contribution in [3.8, 4) is 0 Å². The number of aliphatic hydroxyl groups excluding tert-OH is 1. The van der Waals surface area contributed by atoms with Gasteiger partial charge in [-0.1, -0.05) is 32.9 Å². The fraction of sp³-hybridized carbons (Fsp3) is 0.526. The Kier molecular flexibility index (Phi) is 7.90. The minimum atomic E-state index is -1.18. The van der Waals surface area contributed by atoms with Crippen molar-refractivity contribution in [1.82, 2.24) is 16.0 Å². The number of hydrogen-bond acceptors (Lipinski definition) is 4. The lowest BCUT2D eigenvalue weighted by Crippen LogP contribution is -2.55. The van der Waals surface area contributed by atoms with Crippen LogP contribution in [-0.2, 0) is 20.9 Å². The first kappa shape index (κ1) is 22.6. The van der Waals surface area contributed by atoms with Crippen LogP contribution in [0.2, 0.25) is 0 Å². The van der Waals surface area contributed by atoms with Gasteiger partial charge in [-0.15, -0.1) is 0 Å². The van der Waals surface area contributed by atoms with Crippen molar-refractivity contribution >= 4 is 17.7 Å². The number of rotatable bonds is 7. The number of nitrogens with one attached hydrogen (secondary N) is 3. The summed E-state index contributed by atoms with van der Waals surface area (Å²) in [5.74, 6) is -2.02. The lowest BCUT2D eigenvalue weighted by Gasteiger charge is -2.25. The first-order valence-corrected chi connectivity index (χ1v) is 8.70. The van der Waals surface area contributed by atoms with Crippen LogP contribution in [0.3, 0.4) is 0 Å². The van der Waals surface area contributed by atoms with Crippen LogP contribution in [-0.4, -0.2) is 41.5 Å². The Balaban J connectivity index is 2.55. The lowest BCUT2D eigenvalue weighted by atomic mass is 9.95. The molecule has 0 aliphatic heterocycles. The standard InChI is InChI=1S/C19H28FN3O4/c1-11-6-7-13(14(20)8-11)9-21-15(25)10-22-17(26)16(12(2)24)23-18(27)19(3,4)5/h6-8,12,16,24H,9-10H2,1-5H3,(H,21,25)(H,22,26)(H,23,27). The molecule has 1 aromatic carbocycles. The van der Waals surface area contributed by atoms with Gasteiger partial charge in [0.2, 0.25) is 17.7 Å². The summed E-state index contributed by atoms with van der Waals surface area (Å²) in [7, 11) is 0. The molecule has 0 saturated carbocycles. The number of carbonyl (C=O) groups is 3. The molecule has 27 heavy (non-hydrogen) atoms. The summed E-state index contributed by atoms with van der Waals surface area (Å²) >= 11 is 0. The molecule has 7 nitrogen and oxygen atoms in total. The molecule has 3 amide bonds. The van der Waals surface area contributed by atoms with Gasteiger partial charge in [-0.3, -0.25) is 14.4 Å². The zero-order valence-corrected chi connectivity index (χ0v) is 16.4. The number of amides is 3. The molecular formula is C19H28FN3O4. The molecule has 0 spiro atoms. The molecule has 150 valence electrons. The lowest BCUT2D eigenvalue weighted by molar-refractivity contribution is -0.136. The summed E-state index contributed by atoms with van der Waals surface area (Å²) in [6.45, 7) is 7.79. The molecule has 0 aromatic heterocycles. The van der Waals surface area contributed by atoms with Gasteiger partial charge in [-0.05, 0) is 25.5 Å². The molecule has 0 bridgehead atoms. The fourth-order valence-electron chi connectivity index (χ4n) is 2.09. The highest BCUT2D eigenvalue weighted by atomic mass is 19.1. The molecule has 0 saturated heterocycles. The Morgan fingerprint density at radius 1 is 1.19 bits per heavy atom. The second-order valence-electron chi connectivity index (χ2n) is 7.53. The quantitative estimate of drug-likeness (QED) is 0.560. The molecule has 0 aliphatic rings. The number of carbonyl (C=O) groups excluding carboxylic acids is 3. The Hall–Kier alpha value is -2.48. The van der Waals surface area contributed by atoms with Gasteiger partial charge in [0.25, 0.3) is 0 Å². The third-order valence-corrected chi connectivity index (χ3v) is 3.84. The Labute approximate surface area is 158 Å². The van der Waals surface area contributed by atoms with Crippen molar-refractivity contribution in [3.63, 3.8) is 0 Å². The summed E-state index contributed by atoms with van der Waals surface area (Å²) < 4.78 is 13.7. The second-order valence-corrected chi connectivity index (χ2v) is 7.53. The smallest absolute Gasteiger partial charge is 0.245 e. The zero-order valence-electron chi connectivity index (χ0n) is 16.4. The first-order chi connectivity index (χ1) is 12.4. The monoisotopic (exact) mass is 381 g/mol. The van der Waals surface area contributed by atoms with E-state index in [1.165, 1.54) is 13.0 Å². The fourth-order valence-corrected chi connectivity index (χ4v) is 2.09. The number of aliphatic hydroxyl groups is 1. The SMILES string of the molecule is Cc1ccc(CNC(=O)CNC(=O)C(NC(=O)C(C)(C)C)C(C)O)c(F)c1. The maximum atomic E-state index is 13.7. The minimum absolute atomic E-state index is 0.0125. The van der Waals surface area contributed by atoms with Crippen LogP contribution in [0.1, 0.15) is 38.8 Å². The van der Waals surface area contributed by atoms with Gasteiger partial charge in [-0.25, -0.2) is 4.39 Å². The Morgan fingerprint density at radius 3 is 2.33 bits per heavy atom. The summed E-state index contributed by atoms with van der Waals surface area (Å²) in [6, 6.07) is 3.50. The van der Waals surface area contributed by atoms with Crippen molar-refractivity contribution in [3.05, 3.63) is 35.1 Å². The molecule has 4 N–H and O–H groups in total. The third-order valence-electron chi connectivity index (χ3n) is 3.84. The van der Waals surface area contributed by atoms with Crippen molar-refractivity contribution in [2.75, 3.05) is 6.54 Å². The maximum absolute atomic E-state index is 13.7. The van der Waals surface area contributed by atoms with Crippen LogP contribution in [0, 0.1) is 18.2 Å². The third kappa shape index (κ3) is 7.34. The van der Waals surface area contributed by atoms with Gasteiger partial charge in [0.1, 0.15) is 11.9 Å². The average Bonchev–Trinajstić information content (AvgIpc) is 2.55. The van der Waals surface area contributed by atoms with Crippen LogP contribution < -0.4 is 16.0 Å². The van der Waals surface area contributed by atoms with E-state index in [9.17, 15) is 23.9 Å². The van der Waals surface area contributed by atoms with E-state index in [1.54, 1.807) is 39.8 Å². The normalized spacial score (nSPS) is 13.4. The van der Waals surface area contributed by atoms with E-state index in [0.29, 0.717) is 5.56 Å². The van der Waals surface area contributed by atoms with E-state index < -0.39 is 41.1 Å². The van der Waals surface area contributed by atoms with Gasteiger partial charge in [0.15, 0.2) is 0 Å². The Morgan fingerprint density at radius 2 is 1.81 bits per heavy atom. The van der Waals surface area contributed by atoms with Crippen LogP contribution in [0.15, 0.2) is 18.2 Å². The first-order valence-electron chi connectivity index (χ1n) is 8.70. The summed E-state index contributed by atoms with van der Waals surface area (Å²) in [4.78, 5) is 36.1. The average molecular weight is 381 g/mol. The Bertz CT molecular complexity index is 699. The van der Waals surface area contributed by atoms with Crippen LogP contribution in [0.25, 0.3) is 0 Å². The van der Waals surface area contributed by atoms with E-state index in [1.807, 2.05) is 0 Å². The minimum Gasteiger partial charge on any atom is -0.391 e. The predicted octanol–water partition coefficient (Wildman–Crippen LogP) is 0.778. The van der Waals surface area contributed by atoms with E-state index in [4.69, 9.17) is 0 Å². The largest absolute Gasteiger partial charge is 0.391 e. The van der Waals surface area contributed by atoms with E-state index >= 15 is 0 Å². The number of benzene rings is 1. The summed E-state index contributed by atoms with van der Waals surface area (Å²) in [5.41, 5.74) is 0.374. The molecule has 8 heteroatoms. The van der Waals surface area contributed by atoms with Crippen LogP contribution in [0.5, 0.6) is 0 Å². The van der Waals surface area contributed by atoms with Gasteiger partial charge in [-0.2, -0.15) is 0 Å². The van der Waals surface area contributed by atoms with E-state index in [-0.39, 0.29) is 13.1 Å². The summed E-state index contributed by atoms with van der Waals surface area (Å²) in [6.07, 6.45) is -1.14. The van der Waals surface area contributed by atoms with Crippen LogP contribution in [0.4, 0.5) is 4.39 Å². The molecular weight excluding hydrogens is 353 g/mol. The molecule has 1 rings (SSSR count). The molecule has 2 atom stereocenters. The zero-order chi connectivity index (χ0) is 20.8. The van der Waals surface area contributed by atoms with E-state index in [2.05, 4.69) is 16.0 Å². The van der Waals surface area contributed by atoms with Crippen molar-refractivity contribution in [2.45, 2.75) is 53.3 Å². The van der Waals surface area contributed by atoms with E-state index in [0.717, 1.165) is 5.56 Å². The maximum Gasteiger partial charge on any atom is 0.245 e. The topological polar surface area (TPSA) is 108 Å². The molecule has 2 unspecified atom stereocenters. The van der Waals surface area contributed by atoms with Gasteiger partial charge in [0.05, 0.1) is 12.6 Å². The number of aryl methyl sites for hydroxylation is 1. The summed E-state index contributed by atoms with van der Waals surface area (Å²) in [5, 5.41) is 17.1. The molecule has 0 radical (unpaired) electrons.